The summed E-state index contributed by atoms with van der Waals surface area (Å²) in [6, 6.07) is 2.67. The van der Waals surface area contributed by atoms with Crippen molar-refractivity contribution in [3.8, 4) is 0 Å². The van der Waals surface area contributed by atoms with Crippen molar-refractivity contribution in [3.05, 3.63) is 39.7 Å². The molecule has 20 heavy (non-hydrogen) atoms. The smallest absolute Gasteiger partial charge is 0.323 e. The van der Waals surface area contributed by atoms with Crippen LogP contribution in [0.3, 0.4) is 0 Å². The Balaban J connectivity index is 3.22. The number of rotatable bonds is 5. The maximum atomic E-state index is 13.3. The Morgan fingerprint density at radius 2 is 2.05 bits per heavy atom. The van der Waals surface area contributed by atoms with Crippen molar-refractivity contribution in [2.45, 2.75) is 13.3 Å². The molecule has 0 aliphatic rings. The van der Waals surface area contributed by atoms with Gasteiger partial charge in [-0.1, -0.05) is 0 Å². The second-order valence-electron chi connectivity index (χ2n) is 4.38. The van der Waals surface area contributed by atoms with E-state index in [1.165, 1.54) is 0 Å². The molecule has 7 nitrogen and oxygen atoms in total. The molecule has 0 saturated carbocycles. The second kappa shape index (κ2) is 5.64. The van der Waals surface area contributed by atoms with Gasteiger partial charge in [-0.05, 0) is 25.0 Å². The summed E-state index contributed by atoms with van der Waals surface area (Å²) in [7, 11) is 1.03. The lowest BCUT2D eigenvalue weighted by Gasteiger charge is -2.21. The maximum Gasteiger partial charge on any atom is 0.323 e. The third kappa shape index (κ3) is 3.08. The quantitative estimate of drug-likeness (QED) is 0.380. The molecule has 0 aliphatic carbocycles. The molecule has 0 saturated heterocycles. The molecule has 0 fully saturated rings. The number of nitrogens with zero attached hydrogens (tertiary/aromatic N) is 1. The number of esters is 1. The number of halogens is 1. The molecule has 108 valence electrons. The number of carbonyl (C=O) groups excluding carboxylic acids is 1. The maximum absolute atomic E-state index is 13.3. The van der Waals surface area contributed by atoms with Crippen LogP contribution in [0.15, 0.2) is 18.2 Å². The van der Waals surface area contributed by atoms with Crippen molar-refractivity contribution in [1.82, 2.24) is 0 Å². The SMILES string of the molecule is COC(=O)C(C)(Cc1cc(F)cc([N+](=O)[O-])c1)C(=O)O. The van der Waals surface area contributed by atoms with Crippen molar-refractivity contribution in [2.75, 3.05) is 7.11 Å². The topological polar surface area (TPSA) is 107 Å². The third-order valence-electron chi connectivity index (χ3n) is 2.82. The van der Waals surface area contributed by atoms with E-state index in [0.717, 1.165) is 26.2 Å². The van der Waals surface area contributed by atoms with Crippen LogP contribution < -0.4 is 0 Å². The lowest BCUT2D eigenvalue weighted by Crippen LogP contribution is -2.39. The summed E-state index contributed by atoms with van der Waals surface area (Å²) in [5.74, 6) is -3.36. The van der Waals surface area contributed by atoms with E-state index in [1.807, 2.05) is 0 Å². The van der Waals surface area contributed by atoms with Crippen LogP contribution in [0.1, 0.15) is 12.5 Å². The molecule has 1 N–H and O–H groups in total. The average molecular weight is 285 g/mol. The molecule has 0 aliphatic heterocycles. The largest absolute Gasteiger partial charge is 0.480 e. The molecule has 1 aromatic rings. The Morgan fingerprint density at radius 1 is 1.45 bits per heavy atom. The number of benzene rings is 1. The molecule has 8 heteroatoms. The first-order chi connectivity index (χ1) is 9.20. The van der Waals surface area contributed by atoms with Gasteiger partial charge in [0.2, 0.25) is 0 Å². The average Bonchev–Trinajstić information content (AvgIpc) is 2.36. The van der Waals surface area contributed by atoms with E-state index < -0.39 is 40.2 Å². The van der Waals surface area contributed by atoms with E-state index in [4.69, 9.17) is 5.11 Å². The van der Waals surface area contributed by atoms with E-state index >= 15 is 0 Å². The first-order valence-electron chi connectivity index (χ1n) is 5.46. The zero-order chi connectivity index (χ0) is 15.5. The molecule has 0 radical (unpaired) electrons. The first-order valence-corrected chi connectivity index (χ1v) is 5.46. The van der Waals surface area contributed by atoms with Gasteiger partial charge in [-0.2, -0.15) is 0 Å². The molecule has 1 atom stereocenters. The highest BCUT2D eigenvalue weighted by atomic mass is 19.1. The molecule has 0 aromatic heterocycles. The summed E-state index contributed by atoms with van der Waals surface area (Å²) in [5.41, 5.74) is -2.44. The molecule has 0 bridgehead atoms. The predicted octanol–water partition coefficient (Wildman–Crippen LogP) is 1.54. The van der Waals surface area contributed by atoms with E-state index in [1.54, 1.807) is 0 Å². The molecule has 0 heterocycles. The summed E-state index contributed by atoms with van der Waals surface area (Å²) in [4.78, 5) is 32.6. The molecular weight excluding hydrogens is 273 g/mol. The number of nitro benzene ring substituents is 1. The zero-order valence-corrected chi connectivity index (χ0v) is 10.8. The number of hydrogen-bond donors (Lipinski definition) is 1. The van der Waals surface area contributed by atoms with E-state index in [9.17, 15) is 24.1 Å². The van der Waals surface area contributed by atoms with Gasteiger partial charge in [-0.25, -0.2) is 4.39 Å². The van der Waals surface area contributed by atoms with Crippen LogP contribution in [0.4, 0.5) is 10.1 Å². The fourth-order valence-electron chi connectivity index (χ4n) is 1.71. The standard InChI is InChI=1S/C12H12FNO6/c1-12(10(15)16,11(17)20-2)6-7-3-8(13)5-9(4-7)14(18)19/h3-5H,6H2,1-2H3,(H,15,16). The van der Waals surface area contributed by atoms with Crippen LogP contribution in [-0.4, -0.2) is 29.1 Å². The number of carboxylic acids is 1. The number of hydrogen-bond acceptors (Lipinski definition) is 5. The van der Waals surface area contributed by atoms with Crippen LogP contribution in [0, 0.1) is 21.3 Å². The number of carboxylic acid groups (broad SMARTS) is 1. The normalized spacial score (nSPS) is 13.3. The van der Waals surface area contributed by atoms with Crippen LogP contribution in [-0.2, 0) is 20.7 Å². The van der Waals surface area contributed by atoms with Crippen LogP contribution in [0.25, 0.3) is 0 Å². The highest BCUT2D eigenvalue weighted by molar-refractivity contribution is 5.98. The molecule has 1 aromatic carbocycles. The van der Waals surface area contributed by atoms with Crippen molar-refractivity contribution >= 4 is 17.6 Å². The van der Waals surface area contributed by atoms with Gasteiger partial charge < -0.3 is 9.84 Å². The third-order valence-corrected chi connectivity index (χ3v) is 2.82. The van der Waals surface area contributed by atoms with Crippen LogP contribution in [0.2, 0.25) is 0 Å². The van der Waals surface area contributed by atoms with Gasteiger partial charge in [0.05, 0.1) is 18.1 Å². The monoisotopic (exact) mass is 285 g/mol. The van der Waals surface area contributed by atoms with Gasteiger partial charge in [0, 0.05) is 6.07 Å². The summed E-state index contributed by atoms with van der Waals surface area (Å²) >= 11 is 0. The minimum absolute atomic E-state index is 0.0204. The molecule has 0 amide bonds. The van der Waals surface area contributed by atoms with E-state index in [-0.39, 0.29) is 5.56 Å². The molecule has 0 spiro atoms. The van der Waals surface area contributed by atoms with Gasteiger partial charge >= 0.3 is 11.9 Å². The number of methoxy groups -OCH3 is 1. The van der Waals surface area contributed by atoms with E-state index in [2.05, 4.69) is 4.74 Å². The van der Waals surface area contributed by atoms with Gasteiger partial charge in [0.15, 0.2) is 5.41 Å². The number of carbonyl (C=O) groups is 2. The second-order valence-corrected chi connectivity index (χ2v) is 4.38. The number of non-ortho nitro benzene ring substituents is 1. The summed E-state index contributed by atoms with van der Waals surface area (Å²) in [6.45, 7) is 1.11. The predicted molar refractivity (Wildman–Crippen MR) is 64.5 cm³/mol. The number of aliphatic carboxylic acids is 1. The highest BCUT2D eigenvalue weighted by Crippen LogP contribution is 2.27. The number of ether oxygens (including phenoxy) is 1. The lowest BCUT2D eigenvalue weighted by molar-refractivity contribution is -0.385. The molecule has 1 rings (SSSR count). The van der Waals surface area contributed by atoms with Crippen LogP contribution >= 0.6 is 0 Å². The Hall–Kier alpha value is -2.51. The Bertz CT molecular complexity index is 573. The summed E-state index contributed by atoms with van der Waals surface area (Å²) in [5, 5.41) is 19.7. The molecule has 1 unspecified atom stereocenters. The van der Waals surface area contributed by atoms with Gasteiger partial charge in [0.1, 0.15) is 5.82 Å². The Kier molecular flexibility index (Phi) is 4.38. The Morgan fingerprint density at radius 3 is 2.50 bits per heavy atom. The van der Waals surface area contributed by atoms with Crippen molar-refractivity contribution in [3.63, 3.8) is 0 Å². The highest BCUT2D eigenvalue weighted by Gasteiger charge is 2.43. The van der Waals surface area contributed by atoms with Crippen LogP contribution in [0.5, 0.6) is 0 Å². The fourth-order valence-corrected chi connectivity index (χ4v) is 1.71. The van der Waals surface area contributed by atoms with Crippen molar-refractivity contribution in [2.24, 2.45) is 5.41 Å². The van der Waals surface area contributed by atoms with E-state index in [0.29, 0.717) is 6.07 Å². The van der Waals surface area contributed by atoms with Crippen molar-refractivity contribution in [1.29, 1.82) is 0 Å². The minimum atomic E-state index is -1.95. The summed E-state index contributed by atoms with van der Waals surface area (Å²) in [6.07, 6.45) is -0.423. The fraction of sp³-hybridized carbons (Fsp3) is 0.333. The summed E-state index contributed by atoms with van der Waals surface area (Å²) < 4.78 is 17.7. The first kappa shape index (κ1) is 15.5. The lowest BCUT2D eigenvalue weighted by atomic mass is 9.83. The zero-order valence-electron chi connectivity index (χ0n) is 10.8. The van der Waals surface area contributed by atoms with Crippen molar-refractivity contribution < 1.29 is 28.7 Å². The number of nitro groups is 1. The molecular formula is C12H12FNO6. The van der Waals surface area contributed by atoms with Gasteiger partial charge in [-0.15, -0.1) is 0 Å². The van der Waals surface area contributed by atoms with Gasteiger partial charge in [0.25, 0.3) is 5.69 Å². The minimum Gasteiger partial charge on any atom is -0.480 e. The van der Waals surface area contributed by atoms with Gasteiger partial charge in [-0.3, -0.25) is 19.7 Å². The Labute approximate surface area is 113 Å².